The van der Waals surface area contributed by atoms with Gasteiger partial charge in [0.15, 0.2) is 0 Å². The molecule has 2 aromatic rings. The Balaban J connectivity index is 2.28. The van der Waals surface area contributed by atoms with E-state index in [2.05, 4.69) is 0 Å². The van der Waals surface area contributed by atoms with Crippen molar-refractivity contribution in [3.05, 3.63) is 60.7 Å². The second-order valence-corrected chi connectivity index (χ2v) is 5.41. The van der Waals surface area contributed by atoms with Gasteiger partial charge in [-0.1, -0.05) is 74.5 Å². The lowest BCUT2D eigenvalue weighted by molar-refractivity contribution is -0.136. The zero-order chi connectivity index (χ0) is 15.2. The molecule has 4 heteroatoms. The third-order valence-electron chi connectivity index (χ3n) is 3.43. The summed E-state index contributed by atoms with van der Waals surface area (Å²) in [6.07, 6.45) is 0. The number of benzene rings is 2. The maximum Gasteiger partial charge on any atom is 0.429 e. The van der Waals surface area contributed by atoms with Crippen LogP contribution in [-0.4, -0.2) is 18.9 Å². The molecule has 21 heavy (non-hydrogen) atoms. The second-order valence-electron chi connectivity index (χ2n) is 5.41. The maximum atomic E-state index is 12.2. The van der Waals surface area contributed by atoms with Crippen LogP contribution in [0.1, 0.15) is 13.8 Å². The highest BCUT2D eigenvalue weighted by atomic mass is 16.5. The Morgan fingerprint density at radius 3 is 1.76 bits per heavy atom. The fourth-order valence-corrected chi connectivity index (χ4v) is 2.05. The Morgan fingerprint density at radius 1 is 0.952 bits per heavy atom. The number of hydrogen-bond donors (Lipinski definition) is 1. The molecule has 2 N–H and O–H groups in total. The molecule has 3 nitrogen and oxygen atoms in total. The molecular weight excluding hydrogens is 261 g/mol. The third-order valence-corrected chi connectivity index (χ3v) is 3.43. The molecule has 0 saturated carbocycles. The second kappa shape index (κ2) is 7.09. The summed E-state index contributed by atoms with van der Waals surface area (Å²) in [7, 11) is 0. The van der Waals surface area contributed by atoms with Crippen molar-refractivity contribution in [1.82, 2.24) is 0 Å². The third kappa shape index (κ3) is 3.95. The van der Waals surface area contributed by atoms with E-state index in [1.54, 1.807) is 0 Å². The van der Waals surface area contributed by atoms with Crippen LogP contribution in [0.15, 0.2) is 60.7 Å². The van der Waals surface area contributed by atoms with Crippen LogP contribution in [0, 0.1) is 5.92 Å². The van der Waals surface area contributed by atoms with Crippen molar-refractivity contribution in [2.75, 3.05) is 0 Å². The summed E-state index contributed by atoms with van der Waals surface area (Å²) >= 11 is 0. The standard InChI is InChI=1S/C17H20BNO2/c1-13(2)16(19)17(20)21-18(14-9-5-3-6-10-14)15-11-7-4-8-12-15/h3-13,16H,19H2,1-2H3/t16-/m1/s1. The van der Waals surface area contributed by atoms with E-state index in [4.69, 9.17) is 10.4 Å². The van der Waals surface area contributed by atoms with Crippen molar-refractivity contribution >= 4 is 23.8 Å². The molecule has 0 spiro atoms. The molecule has 0 aliphatic rings. The fourth-order valence-electron chi connectivity index (χ4n) is 2.05. The van der Waals surface area contributed by atoms with Gasteiger partial charge in [-0.25, -0.2) is 0 Å². The average molecular weight is 281 g/mol. The zero-order valence-corrected chi connectivity index (χ0v) is 12.4. The highest BCUT2D eigenvalue weighted by Gasteiger charge is 2.28. The van der Waals surface area contributed by atoms with Gasteiger partial charge in [0.25, 0.3) is 0 Å². The van der Waals surface area contributed by atoms with E-state index in [0.717, 1.165) is 10.9 Å². The summed E-state index contributed by atoms with van der Waals surface area (Å²) in [5.74, 6) is -0.326. The molecular formula is C17H20BNO2. The predicted octanol–water partition coefficient (Wildman–Crippen LogP) is 1.32. The number of rotatable bonds is 5. The minimum absolute atomic E-state index is 0.0460. The molecule has 0 bridgehead atoms. The van der Waals surface area contributed by atoms with Gasteiger partial charge in [-0.15, -0.1) is 0 Å². The molecule has 1 atom stereocenters. The van der Waals surface area contributed by atoms with Crippen LogP contribution < -0.4 is 16.7 Å². The Kier molecular flexibility index (Phi) is 5.17. The zero-order valence-electron chi connectivity index (χ0n) is 12.4. The van der Waals surface area contributed by atoms with Gasteiger partial charge < -0.3 is 10.4 Å². The Bertz CT molecular complexity index is 532. The highest BCUT2D eigenvalue weighted by Crippen LogP contribution is 2.03. The maximum absolute atomic E-state index is 12.2. The van der Waals surface area contributed by atoms with E-state index < -0.39 is 13.0 Å². The molecule has 0 unspecified atom stereocenters. The fraction of sp³-hybridized carbons (Fsp3) is 0.235. The first kappa shape index (κ1) is 15.3. The molecule has 0 saturated heterocycles. The van der Waals surface area contributed by atoms with Gasteiger partial charge in [0, 0.05) is 0 Å². The molecule has 108 valence electrons. The van der Waals surface area contributed by atoms with Crippen LogP contribution in [0.4, 0.5) is 0 Å². The summed E-state index contributed by atoms with van der Waals surface area (Å²) in [6.45, 7) is 3.39. The van der Waals surface area contributed by atoms with Crippen molar-refractivity contribution in [2.24, 2.45) is 11.7 Å². The molecule has 0 aliphatic carbocycles. The molecule has 0 amide bonds. The minimum Gasteiger partial charge on any atom is -0.525 e. The molecule has 2 aromatic carbocycles. The number of nitrogens with two attached hydrogens (primary N) is 1. The minimum atomic E-state index is -0.611. The number of carbonyl (C=O) groups is 1. The van der Waals surface area contributed by atoms with E-state index >= 15 is 0 Å². The number of carbonyl (C=O) groups excluding carboxylic acids is 1. The average Bonchev–Trinajstić information content (AvgIpc) is 2.53. The quantitative estimate of drug-likeness (QED) is 0.841. The van der Waals surface area contributed by atoms with E-state index in [9.17, 15) is 4.79 Å². The highest BCUT2D eigenvalue weighted by molar-refractivity contribution is 6.81. The van der Waals surface area contributed by atoms with Crippen molar-refractivity contribution < 1.29 is 9.45 Å². The first-order valence-corrected chi connectivity index (χ1v) is 7.15. The lowest BCUT2D eigenvalue weighted by Crippen LogP contribution is -2.50. The Hall–Kier alpha value is -2.07. The molecule has 0 fully saturated rings. The summed E-state index contributed by atoms with van der Waals surface area (Å²) < 4.78 is 5.68. The van der Waals surface area contributed by atoms with Crippen molar-refractivity contribution in [2.45, 2.75) is 19.9 Å². The normalized spacial score (nSPS) is 12.0. The molecule has 0 aromatic heterocycles. The van der Waals surface area contributed by atoms with Crippen LogP contribution in [0.25, 0.3) is 0 Å². The van der Waals surface area contributed by atoms with E-state index in [1.807, 2.05) is 74.5 Å². The first-order valence-electron chi connectivity index (χ1n) is 7.15. The molecule has 0 aliphatic heterocycles. The van der Waals surface area contributed by atoms with Crippen molar-refractivity contribution in [1.29, 1.82) is 0 Å². The largest absolute Gasteiger partial charge is 0.525 e. The number of hydrogen-bond acceptors (Lipinski definition) is 3. The van der Waals surface area contributed by atoms with Gasteiger partial charge in [-0.05, 0) is 16.8 Å². The monoisotopic (exact) mass is 281 g/mol. The smallest absolute Gasteiger partial charge is 0.429 e. The molecule has 0 radical (unpaired) electrons. The summed E-state index contributed by atoms with van der Waals surface area (Å²) in [4.78, 5) is 12.2. The predicted molar refractivity (Wildman–Crippen MR) is 86.8 cm³/mol. The van der Waals surface area contributed by atoms with Gasteiger partial charge in [0.1, 0.15) is 6.04 Å². The summed E-state index contributed by atoms with van der Waals surface area (Å²) in [6, 6.07) is 18.8. The van der Waals surface area contributed by atoms with Gasteiger partial charge in [0.2, 0.25) is 0 Å². The topological polar surface area (TPSA) is 52.3 Å². The SMILES string of the molecule is CC(C)[C@@H](N)C(=O)OB(c1ccccc1)c1ccccc1. The Morgan fingerprint density at radius 2 is 1.38 bits per heavy atom. The Labute approximate surface area is 126 Å². The van der Waals surface area contributed by atoms with Crippen LogP contribution in [0.5, 0.6) is 0 Å². The lowest BCUT2D eigenvalue weighted by Gasteiger charge is -2.20. The molecule has 0 heterocycles. The van der Waals surface area contributed by atoms with Gasteiger partial charge in [-0.2, -0.15) is 0 Å². The van der Waals surface area contributed by atoms with Crippen LogP contribution in [0.3, 0.4) is 0 Å². The summed E-state index contributed by atoms with van der Waals surface area (Å²) in [5, 5.41) is 0. The van der Waals surface area contributed by atoms with Gasteiger partial charge >= 0.3 is 12.9 Å². The van der Waals surface area contributed by atoms with Crippen LogP contribution in [-0.2, 0) is 9.45 Å². The van der Waals surface area contributed by atoms with E-state index in [-0.39, 0.29) is 11.9 Å². The van der Waals surface area contributed by atoms with Gasteiger partial charge in [0.05, 0.1) is 0 Å². The van der Waals surface area contributed by atoms with E-state index in [0.29, 0.717) is 0 Å². The molecule has 2 rings (SSSR count). The first-order chi connectivity index (χ1) is 10.1. The van der Waals surface area contributed by atoms with Crippen molar-refractivity contribution in [3.63, 3.8) is 0 Å². The lowest BCUT2D eigenvalue weighted by atomic mass is 9.55. The van der Waals surface area contributed by atoms with E-state index in [1.165, 1.54) is 0 Å². The van der Waals surface area contributed by atoms with Crippen LogP contribution in [0.2, 0.25) is 0 Å². The van der Waals surface area contributed by atoms with Crippen molar-refractivity contribution in [3.8, 4) is 0 Å². The van der Waals surface area contributed by atoms with Crippen LogP contribution >= 0.6 is 0 Å². The summed E-state index contributed by atoms with van der Waals surface area (Å²) in [5.41, 5.74) is 7.77. The van der Waals surface area contributed by atoms with Gasteiger partial charge in [-0.3, -0.25) is 4.79 Å².